The van der Waals surface area contributed by atoms with E-state index in [4.69, 9.17) is 37.6 Å². The van der Waals surface area contributed by atoms with Crippen molar-refractivity contribution in [1.82, 2.24) is 5.32 Å². The highest BCUT2D eigenvalue weighted by atomic mass is 32.2. The molecule has 0 radical (unpaired) electrons. The molecule has 0 unspecified atom stereocenters. The van der Waals surface area contributed by atoms with Crippen molar-refractivity contribution in [2.45, 2.75) is 88.2 Å². The Hall–Kier alpha value is -4.97. The van der Waals surface area contributed by atoms with Crippen LogP contribution in [0.5, 0.6) is 0 Å². The van der Waals surface area contributed by atoms with E-state index in [1.807, 2.05) is 0 Å². The summed E-state index contributed by atoms with van der Waals surface area (Å²) < 4.78 is 43.4. The molecular formula is C32H37NO16S. The van der Waals surface area contributed by atoms with Crippen molar-refractivity contribution in [3.05, 3.63) is 40.2 Å². The molecule has 2 aromatic rings. The first kappa shape index (κ1) is 39.5. The number of hydrogen-bond donors (Lipinski definition) is 1. The van der Waals surface area contributed by atoms with E-state index < -0.39 is 102 Å². The minimum absolute atomic E-state index is 0.175. The van der Waals surface area contributed by atoms with Crippen LogP contribution in [0, 0.1) is 6.92 Å². The van der Waals surface area contributed by atoms with Gasteiger partial charge in [-0.3, -0.25) is 28.8 Å². The maximum absolute atomic E-state index is 13.8. The van der Waals surface area contributed by atoms with Crippen molar-refractivity contribution in [2.75, 3.05) is 20.3 Å². The average Bonchev–Trinajstić information content (AvgIpc) is 3.00. The van der Waals surface area contributed by atoms with E-state index in [0.29, 0.717) is 15.8 Å². The second-order valence-corrected chi connectivity index (χ2v) is 12.4. The van der Waals surface area contributed by atoms with Gasteiger partial charge >= 0.3 is 41.4 Å². The van der Waals surface area contributed by atoms with Crippen molar-refractivity contribution >= 4 is 64.5 Å². The number of ether oxygens (including phenoxy) is 7. The molecule has 18 heteroatoms. The molecule has 1 fully saturated rings. The summed E-state index contributed by atoms with van der Waals surface area (Å²) in [6, 6.07) is 4.53. The molecule has 1 N–H and O–H groups in total. The van der Waals surface area contributed by atoms with Crippen LogP contribution in [0.15, 0.2) is 38.4 Å². The summed E-state index contributed by atoms with van der Waals surface area (Å²) in [6.45, 7) is 5.49. The third kappa shape index (κ3) is 10.5. The molecule has 272 valence electrons. The summed E-state index contributed by atoms with van der Waals surface area (Å²) >= 11 is 0.755. The van der Waals surface area contributed by atoms with Crippen LogP contribution in [0.2, 0.25) is 0 Å². The lowest BCUT2D eigenvalue weighted by molar-refractivity contribution is -0.224. The number of carbonyl (C=O) groups excluding carboxylic acids is 7. The number of carbonyl (C=O) groups is 7. The quantitative estimate of drug-likeness (QED) is 0.174. The number of aryl methyl sites for hydroxylation is 1. The van der Waals surface area contributed by atoms with Gasteiger partial charge in [-0.25, -0.2) is 9.59 Å². The van der Waals surface area contributed by atoms with E-state index >= 15 is 0 Å². The summed E-state index contributed by atoms with van der Waals surface area (Å²) in [5.41, 5.74) is 0.179. The predicted octanol–water partition coefficient (Wildman–Crippen LogP) is 1.26. The highest BCUT2D eigenvalue weighted by molar-refractivity contribution is 8.01. The van der Waals surface area contributed by atoms with Gasteiger partial charge in [0.2, 0.25) is 4.93 Å². The first-order valence-corrected chi connectivity index (χ1v) is 15.8. The second kappa shape index (κ2) is 17.1. The van der Waals surface area contributed by atoms with Crippen LogP contribution in [0.3, 0.4) is 0 Å². The highest BCUT2D eigenvalue weighted by Gasteiger charge is 2.59. The normalized spacial score (nSPS) is 21.1. The monoisotopic (exact) mass is 723 g/mol. The number of esters is 6. The number of amides is 1. The molecular weight excluding hydrogens is 686 g/mol. The van der Waals surface area contributed by atoms with Crippen LogP contribution in [0.4, 0.5) is 0 Å². The van der Waals surface area contributed by atoms with Gasteiger partial charge in [0.1, 0.15) is 24.4 Å². The molecule has 17 nitrogen and oxygen atoms in total. The molecule has 1 aliphatic heterocycles. The van der Waals surface area contributed by atoms with Crippen LogP contribution in [0.1, 0.15) is 46.6 Å². The summed E-state index contributed by atoms with van der Waals surface area (Å²) in [6.07, 6.45) is -7.04. The molecule has 0 bridgehead atoms. The van der Waals surface area contributed by atoms with Gasteiger partial charge in [0.25, 0.3) is 5.91 Å². The number of methoxy groups -OCH3 is 1. The Labute approximate surface area is 289 Å². The molecule has 1 saturated heterocycles. The van der Waals surface area contributed by atoms with Crippen molar-refractivity contribution in [3.63, 3.8) is 0 Å². The number of fused-ring (bicyclic) bond motifs is 1. The lowest BCUT2D eigenvalue weighted by Crippen LogP contribution is -2.68. The van der Waals surface area contributed by atoms with Crippen molar-refractivity contribution < 1.29 is 71.1 Å². The molecule has 1 amide bonds. The van der Waals surface area contributed by atoms with Crippen molar-refractivity contribution in [2.24, 2.45) is 0 Å². The topological polar surface area (TPSA) is 226 Å². The molecule has 6 atom stereocenters. The first-order valence-electron chi connectivity index (χ1n) is 15.0. The third-order valence-corrected chi connectivity index (χ3v) is 8.31. The number of nitrogens with one attached hydrogen (secondary N) is 1. The van der Waals surface area contributed by atoms with Gasteiger partial charge in [-0.2, -0.15) is 0 Å². The summed E-state index contributed by atoms with van der Waals surface area (Å²) in [5, 5.41) is 3.13. The molecule has 0 aliphatic carbocycles. The number of rotatable bonds is 13. The van der Waals surface area contributed by atoms with Gasteiger partial charge in [0, 0.05) is 57.4 Å². The van der Waals surface area contributed by atoms with E-state index in [2.05, 4.69) is 5.32 Å². The van der Waals surface area contributed by atoms with Gasteiger partial charge in [-0.05, 0) is 30.7 Å². The molecule has 0 saturated carbocycles. The molecule has 1 aliphatic rings. The predicted molar refractivity (Wildman–Crippen MR) is 169 cm³/mol. The molecule has 2 heterocycles. The SMILES string of the molecule is COC(=O)[C@@]1(Sc2ccc3c(C)cc(=O)oc3c2)C[C@H](OC(C)=O)[C@@H](NC(=O)COC(C)=O)[C@H]([C@H](OC(C)=O)[C@@H](COC(C)=O)OC(C)=O)O1. The zero-order valence-corrected chi connectivity index (χ0v) is 29.1. The standard InChI is InChI=1S/C32H37NO16S/c1-15-10-27(40)48-23-11-21(8-9-22(15)23)50-32(31(41)42-7)12-24(45-18(4)36)28(33-26(39)14-44-17(3)35)30(49-32)29(47-20(6)38)25(46-19(5)37)13-43-16(2)34/h8-11,24-25,28-30H,12-14H2,1-7H3,(H,33,39)/t24-,25+,28+,29+,30+,32-/m0/s1. The third-order valence-electron chi connectivity index (χ3n) is 7.06. The highest BCUT2D eigenvalue weighted by Crippen LogP contribution is 2.46. The van der Waals surface area contributed by atoms with Crippen molar-refractivity contribution in [3.8, 4) is 0 Å². The second-order valence-electron chi connectivity index (χ2n) is 11.1. The van der Waals surface area contributed by atoms with E-state index in [1.54, 1.807) is 19.1 Å². The zero-order valence-electron chi connectivity index (χ0n) is 28.3. The van der Waals surface area contributed by atoms with Crippen LogP contribution < -0.4 is 10.9 Å². The minimum Gasteiger partial charge on any atom is -0.466 e. The number of benzene rings is 1. The van der Waals surface area contributed by atoms with E-state index in [0.717, 1.165) is 53.5 Å². The average molecular weight is 724 g/mol. The Morgan fingerprint density at radius 2 is 1.58 bits per heavy atom. The maximum Gasteiger partial charge on any atom is 0.349 e. The largest absolute Gasteiger partial charge is 0.466 e. The van der Waals surface area contributed by atoms with Crippen LogP contribution in [-0.2, 0) is 66.7 Å². The Morgan fingerprint density at radius 1 is 0.920 bits per heavy atom. The van der Waals surface area contributed by atoms with Gasteiger partial charge in [0.15, 0.2) is 18.8 Å². The van der Waals surface area contributed by atoms with Gasteiger partial charge in [0.05, 0.1) is 13.2 Å². The molecule has 1 aromatic heterocycles. The number of hydrogen-bond acceptors (Lipinski definition) is 17. The fourth-order valence-corrected chi connectivity index (χ4v) is 6.48. The molecule has 3 rings (SSSR count). The smallest absolute Gasteiger partial charge is 0.349 e. The molecule has 0 spiro atoms. The number of thioether (sulfide) groups is 1. The van der Waals surface area contributed by atoms with E-state index in [1.165, 1.54) is 12.1 Å². The van der Waals surface area contributed by atoms with Crippen LogP contribution in [-0.4, -0.2) is 97.4 Å². The van der Waals surface area contributed by atoms with Crippen molar-refractivity contribution in [1.29, 1.82) is 0 Å². The Morgan fingerprint density at radius 3 is 2.16 bits per heavy atom. The van der Waals surface area contributed by atoms with Gasteiger partial charge in [-0.15, -0.1) is 0 Å². The van der Waals surface area contributed by atoms with E-state index in [-0.39, 0.29) is 5.58 Å². The Balaban J connectivity index is 2.27. The Bertz CT molecular complexity index is 1700. The minimum atomic E-state index is -2.16. The fraction of sp³-hybridized carbons (Fsp3) is 0.500. The summed E-state index contributed by atoms with van der Waals surface area (Å²) in [4.78, 5) is 97.5. The van der Waals surface area contributed by atoms with Crippen LogP contribution >= 0.6 is 11.8 Å². The first-order chi connectivity index (χ1) is 23.4. The van der Waals surface area contributed by atoms with Crippen LogP contribution in [0.25, 0.3) is 11.0 Å². The van der Waals surface area contributed by atoms with Gasteiger partial charge in [-0.1, -0.05) is 11.8 Å². The lowest BCUT2D eigenvalue weighted by atomic mass is 9.89. The maximum atomic E-state index is 13.8. The molecule has 1 aromatic carbocycles. The summed E-state index contributed by atoms with van der Waals surface area (Å²) in [7, 11) is 1.06. The lowest BCUT2D eigenvalue weighted by Gasteiger charge is -2.48. The van der Waals surface area contributed by atoms with Gasteiger partial charge < -0.3 is 42.9 Å². The fourth-order valence-electron chi connectivity index (χ4n) is 5.22. The molecule has 50 heavy (non-hydrogen) atoms. The Kier molecular flexibility index (Phi) is 13.5. The van der Waals surface area contributed by atoms with E-state index in [9.17, 15) is 38.4 Å². The zero-order chi connectivity index (χ0) is 37.3. The summed E-state index contributed by atoms with van der Waals surface area (Å²) in [5.74, 6) is -6.23.